The molecule has 0 fully saturated rings. The van der Waals surface area contributed by atoms with E-state index in [4.69, 9.17) is 4.74 Å². The number of amides is 1. The highest BCUT2D eigenvalue weighted by molar-refractivity contribution is 6.01. The lowest BCUT2D eigenvalue weighted by Gasteiger charge is -2.09. The molecule has 0 aliphatic heterocycles. The van der Waals surface area contributed by atoms with Gasteiger partial charge in [0, 0.05) is 6.20 Å². The number of ether oxygens (including phenoxy) is 1. The molecule has 4 rings (SSSR count). The van der Waals surface area contributed by atoms with Crippen LogP contribution in [0.3, 0.4) is 0 Å². The summed E-state index contributed by atoms with van der Waals surface area (Å²) in [7, 11) is 0. The van der Waals surface area contributed by atoms with Crippen molar-refractivity contribution in [1.82, 2.24) is 24.5 Å². The van der Waals surface area contributed by atoms with Crippen molar-refractivity contribution in [2.45, 2.75) is 27.1 Å². The van der Waals surface area contributed by atoms with E-state index in [1.165, 1.54) is 27.8 Å². The third-order valence-electron chi connectivity index (χ3n) is 4.55. The van der Waals surface area contributed by atoms with Crippen LogP contribution in [-0.2, 0) is 13.3 Å². The summed E-state index contributed by atoms with van der Waals surface area (Å²) in [6, 6.07) is 13.7. The number of halogens is 1. The molecule has 4 aromatic rings. The topological polar surface area (TPSA) is 86.9 Å². The van der Waals surface area contributed by atoms with Gasteiger partial charge in [-0.3, -0.25) is 10.1 Å². The molecule has 1 amide bonds. The minimum absolute atomic E-state index is 0.141. The summed E-state index contributed by atoms with van der Waals surface area (Å²) in [6.45, 7) is 4.52. The fourth-order valence-corrected chi connectivity index (χ4v) is 3.07. The number of hydrogen-bond donors (Lipinski definition) is 1. The lowest BCUT2D eigenvalue weighted by atomic mass is 10.1. The Labute approximate surface area is 178 Å². The van der Waals surface area contributed by atoms with E-state index < -0.39 is 5.91 Å². The number of rotatable bonds is 7. The minimum atomic E-state index is -0.436. The number of aryl methyl sites for hydroxylation is 2. The van der Waals surface area contributed by atoms with Crippen LogP contribution in [0.2, 0.25) is 0 Å². The molecular weight excluding hydrogens is 399 g/mol. The largest absolute Gasteiger partial charge is 0.471 e. The molecule has 8 nitrogen and oxygen atoms in total. The van der Waals surface area contributed by atoms with Gasteiger partial charge in [0.1, 0.15) is 17.9 Å². The van der Waals surface area contributed by atoms with Gasteiger partial charge in [-0.05, 0) is 49.2 Å². The average molecular weight is 420 g/mol. The first-order chi connectivity index (χ1) is 15.0. The van der Waals surface area contributed by atoms with E-state index in [0.717, 1.165) is 22.4 Å². The van der Waals surface area contributed by atoms with Crippen LogP contribution in [0.4, 0.5) is 10.3 Å². The number of nitrogens with one attached hydrogen (secondary N) is 1. The van der Waals surface area contributed by atoms with Gasteiger partial charge in [0.2, 0.25) is 5.95 Å². The summed E-state index contributed by atoms with van der Waals surface area (Å²) < 4.78 is 22.1. The van der Waals surface area contributed by atoms with Gasteiger partial charge in [-0.25, -0.2) is 18.7 Å². The van der Waals surface area contributed by atoms with Crippen LogP contribution in [0.1, 0.15) is 27.2 Å². The Kier molecular flexibility index (Phi) is 5.74. The summed E-state index contributed by atoms with van der Waals surface area (Å²) in [5.41, 5.74) is 3.15. The van der Waals surface area contributed by atoms with Crippen molar-refractivity contribution in [1.29, 1.82) is 0 Å². The van der Waals surface area contributed by atoms with Crippen molar-refractivity contribution in [3.63, 3.8) is 0 Å². The van der Waals surface area contributed by atoms with Gasteiger partial charge in [0.15, 0.2) is 12.4 Å². The number of nitrogens with zero attached hydrogens (tertiary/aromatic N) is 5. The van der Waals surface area contributed by atoms with Crippen LogP contribution in [0.25, 0.3) is 0 Å². The number of aromatic nitrogens is 5. The van der Waals surface area contributed by atoms with Gasteiger partial charge in [0.25, 0.3) is 5.91 Å². The Morgan fingerprint density at radius 2 is 1.97 bits per heavy atom. The zero-order chi connectivity index (χ0) is 21.8. The Bertz CT molecular complexity index is 1220. The number of anilines is 1. The Morgan fingerprint density at radius 3 is 2.77 bits per heavy atom. The molecule has 0 aliphatic carbocycles. The number of benzene rings is 2. The molecular formula is C22H21FN6O2. The van der Waals surface area contributed by atoms with Crippen molar-refractivity contribution in [2.75, 3.05) is 5.32 Å². The smallest absolute Gasteiger partial charge is 0.278 e. The zero-order valence-electron chi connectivity index (χ0n) is 17.1. The fourth-order valence-electron chi connectivity index (χ4n) is 3.07. The first-order valence-corrected chi connectivity index (χ1v) is 9.65. The minimum Gasteiger partial charge on any atom is -0.471 e. The van der Waals surface area contributed by atoms with E-state index >= 15 is 0 Å². The maximum Gasteiger partial charge on any atom is 0.278 e. The van der Waals surface area contributed by atoms with E-state index in [-0.39, 0.29) is 24.2 Å². The maximum atomic E-state index is 13.3. The second-order valence-electron chi connectivity index (χ2n) is 7.13. The first-order valence-electron chi connectivity index (χ1n) is 9.65. The van der Waals surface area contributed by atoms with Gasteiger partial charge in [-0.2, -0.15) is 5.10 Å². The standard InChI is InChI=1S/C22H21FN6O2/c1-15-6-7-20(16(2)10-15)31-14-28-9-8-19(26-28)21(30)25-22-24-13-29(27-22)12-17-4-3-5-18(23)11-17/h3-11,13H,12,14H2,1-2H3,(H,25,27,30). The summed E-state index contributed by atoms with van der Waals surface area (Å²) in [6.07, 6.45) is 3.13. The molecule has 2 heterocycles. The molecule has 0 unspecified atom stereocenters. The molecule has 0 atom stereocenters. The van der Waals surface area contributed by atoms with Crippen molar-refractivity contribution < 1.29 is 13.9 Å². The van der Waals surface area contributed by atoms with Gasteiger partial charge in [-0.15, -0.1) is 5.10 Å². The lowest BCUT2D eigenvalue weighted by molar-refractivity contribution is 0.101. The van der Waals surface area contributed by atoms with Crippen LogP contribution >= 0.6 is 0 Å². The van der Waals surface area contributed by atoms with Crippen molar-refractivity contribution in [3.8, 4) is 5.75 Å². The van der Waals surface area contributed by atoms with E-state index in [1.54, 1.807) is 24.4 Å². The SMILES string of the molecule is Cc1ccc(OCn2ccc(C(=O)Nc3ncn(Cc4cccc(F)c4)n3)n2)c(C)c1. The van der Waals surface area contributed by atoms with Crippen LogP contribution < -0.4 is 10.1 Å². The molecule has 158 valence electrons. The zero-order valence-corrected chi connectivity index (χ0v) is 17.1. The normalized spacial score (nSPS) is 10.8. The van der Waals surface area contributed by atoms with E-state index in [2.05, 4.69) is 20.5 Å². The van der Waals surface area contributed by atoms with Gasteiger partial charge in [-0.1, -0.05) is 29.8 Å². The molecule has 0 aliphatic rings. The molecule has 9 heteroatoms. The molecule has 0 radical (unpaired) electrons. The van der Waals surface area contributed by atoms with Crippen LogP contribution in [-0.4, -0.2) is 30.5 Å². The summed E-state index contributed by atoms with van der Waals surface area (Å²) in [5.74, 6) is 0.152. The second kappa shape index (κ2) is 8.78. The van der Waals surface area contributed by atoms with E-state index in [1.807, 2.05) is 32.0 Å². The summed E-state index contributed by atoms with van der Waals surface area (Å²) in [4.78, 5) is 16.5. The molecule has 0 bridgehead atoms. The van der Waals surface area contributed by atoms with Gasteiger partial charge in [0.05, 0.1) is 6.54 Å². The second-order valence-corrected chi connectivity index (χ2v) is 7.13. The van der Waals surface area contributed by atoms with Crippen LogP contribution in [0.15, 0.2) is 61.1 Å². The highest BCUT2D eigenvalue weighted by Gasteiger charge is 2.13. The Hall–Kier alpha value is -4.01. The molecule has 2 aromatic carbocycles. The highest BCUT2D eigenvalue weighted by atomic mass is 19.1. The van der Waals surface area contributed by atoms with Gasteiger partial charge < -0.3 is 4.74 Å². The van der Waals surface area contributed by atoms with Crippen molar-refractivity contribution in [2.24, 2.45) is 0 Å². The van der Waals surface area contributed by atoms with Crippen LogP contribution in [0.5, 0.6) is 5.75 Å². The molecule has 0 saturated heterocycles. The predicted molar refractivity (Wildman–Crippen MR) is 112 cm³/mol. The fraction of sp³-hybridized carbons (Fsp3) is 0.182. The summed E-state index contributed by atoms with van der Waals surface area (Å²) >= 11 is 0. The molecule has 2 aromatic heterocycles. The summed E-state index contributed by atoms with van der Waals surface area (Å²) in [5, 5.41) is 11.0. The third kappa shape index (κ3) is 5.13. The highest BCUT2D eigenvalue weighted by Crippen LogP contribution is 2.19. The van der Waals surface area contributed by atoms with Crippen molar-refractivity contribution >= 4 is 11.9 Å². The lowest BCUT2D eigenvalue weighted by Crippen LogP contribution is -2.15. The Balaban J connectivity index is 1.34. The average Bonchev–Trinajstić information content (AvgIpc) is 3.37. The maximum absolute atomic E-state index is 13.3. The predicted octanol–water partition coefficient (Wildman–Crippen LogP) is 3.57. The Morgan fingerprint density at radius 1 is 1.10 bits per heavy atom. The monoisotopic (exact) mass is 420 g/mol. The number of hydrogen-bond acceptors (Lipinski definition) is 5. The number of carbonyl (C=O) groups is 1. The molecule has 0 saturated carbocycles. The van der Waals surface area contributed by atoms with Crippen molar-refractivity contribution in [3.05, 3.63) is 89.3 Å². The first kappa shape index (κ1) is 20.3. The van der Waals surface area contributed by atoms with E-state index in [0.29, 0.717) is 6.54 Å². The quantitative estimate of drug-likeness (QED) is 0.494. The third-order valence-corrected chi connectivity index (χ3v) is 4.55. The molecule has 31 heavy (non-hydrogen) atoms. The molecule has 1 N–H and O–H groups in total. The van der Waals surface area contributed by atoms with E-state index in [9.17, 15) is 9.18 Å². The van der Waals surface area contributed by atoms with Gasteiger partial charge >= 0.3 is 0 Å². The van der Waals surface area contributed by atoms with Crippen LogP contribution in [0, 0.1) is 19.7 Å². The number of carbonyl (C=O) groups excluding carboxylic acids is 1. The molecule has 0 spiro atoms.